The summed E-state index contributed by atoms with van der Waals surface area (Å²) in [5.74, 6) is -0.451. The Kier molecular flexibility index (Phi) is 2.67. The topological polar surface area (TPSA) is 61.2 Å². The van der Waals surface area contributed by atoms with E-state index < -0.39 is 6.10 Å². The van der Waals surface area contributed by atoms with Gasteiger partial charge in [0.1, 0.15) is 11.8 Å². The quantitative estimate of drug-likeness (QED) is 0.621. The number of rotatable bonds is 3. The Hall–Kier alpha value is -2.43. The fraction of sp³-hybridized carbons (Fsp3) is 0.214. The lowest BCUT2D eigenvalue weighted by Crippen LogP contribution is -2.11. The van der Waals surface area contributed by atoms with Gasteiger partial charge in [-0.1, -0.05) is 18.2 Å². The Balaban J connectivity index is 1.85. The van der Waals surface area contributed by atoms with Crippen LogP contribution in [0.15, 0.2) is 36.5 Å². The van der Waals surface area contributed by atoms with Crippen LogP contribution in [-0.2, 0) is 11.8 Å². The highest BCUT2D eigenvalue weighted by atomic mass is 16.5. The number of nitrogens with zero attached hydrogens (tertiary/aromatic N) is 2. The minimum absolute atomic E-state index is 0.0884. The fourth-order valence-corrected chi connectivity index (χ4v) is 2.29. The number of ketones is 1. The van der Waals surface area contributed by atoms with Crippen LogP contribution >= 0.6 is 0 Å². The van der Waals surface area contributed by atoms with Gasteiger partial charge in [0.25, 0.3) is 0 Å². The molecule has 0 spiro atoms. The number of ether oxygens (including phenoxy) is 1. The van der Waals surface area contributed by atoms with E-state index in [9.17, 15) is 9.59 Å². The molecule has 3 rings (SSSR count). The molecule has 0 fully saturated rings. The molecule has 0 amide bonds. The van der Waals surface area contributed by atoms with Gasteiger partial charge in [-0.2, -0.15) is 5.10 Å². The second-order valence-corrected chi connectivity index (χ2v) is 4.45. The van der Waals surface area contributed by atoms with Crippen molar-refractivity contribution in [2.75, 3.05) is 0 Å². The van der Waals surface area contributed by atoms with Crippen molar-refractivity contribution < 1.29 is 14.3 Å². The van der Waals surface area contributed by atoms with E-state index >= 15 is 0 Å². The predicted molar refractivity (Wildman–Crippen MR) is 66.8 cm³/mol. The highest BCUT2D eigenvalue weighted by Crippen LogP contribution is 2.33. The number of Topliss-reactive ketones (excluding diaryl/α,β-unsaturated/α-hetero) is 1. The first-order valence-electron chi connectivity index (χ1n) is 5.98. The van der Waals surface area contributed by atoms with Crippen molar-refractivity contribution in [3.05, 3.63) is 53.3 Å². The van der Waals surface area contributed by atoms with Gasteiger partial charge in [0.2, 0.25) is 0 Å². The summed E-state index contributed by atoms with van der Waals surface area (Å²) in [6, 6.07) is 8.81. The van der Waals surface area contributed by atoms with Crippen LogP contribution < -0.4 is 0 Å². The molecule has 0 saturated heterocycles. The van der Waals surface area contributed by atoms with Crippen LogP contribution in [0.5, 0.6) is 0 Å². The van der Waals surface area contributed by atoms with Crippen LogP contribution in [0.2, 0.25) is 0 Å². The molecule has 1 aromatic carbocycles. The second-order valence-electron chi connectivity index (χ2n) is 4.45. The lowest BCUT2D eigenvalue weighted by Gasteiger charge is -2.09. The summed E-state index contributed by atoms with van der Waals surface area (Å²) in [7, 11) is 1.71. The van der Waals surface area contributed by atoms with Gasteiger partial charge in [0.15, 0.2) is 5.78 Å². The van der Waals surface area contributed by atoms with Crippen molar-refractivity contribution in [3.8, 4) is 0 Å². The molecule has 1 atom stereocenters. The SMILES string of the molecule is Cn1nccc1C(=O)CC1OC(=O)c2ccccc21. The van der Waals surface area contributed by atoms with Crippen molar-refractivity contribution >= 4 is 11.8 Å². The molecule has 0 radical (unpaired) electrons. The molecule has 0 bridgehead atoms. The zero-order chi connectivity index (χ0) is 13.4. The Bertz CT molecular complexity index is 660. The Labute approximate surface area is 109 Å². The van der Waals surface area contributed by atoms with Gasteiger partial charge in [0.05, 0.1) is 12.0 Å². The van der Waals surface area contributed by atoms with Crippen molar-refractivity contribution in [3.63, 3.8) is 0 Å². The first-order chi connectivity index (χ1) is 9.16. The minimum atomic E-state index is -0.494. The summed E-state index contributed by atoms with van der Waals surface area (Å²) in [6.07, 6.45) is 1.22. The first kappa shape index (κ1) is 11.6. The van der Waals surface area contributed by atoms with Gasteiger partial charge < -0.3 is 4.74 Å². The number of hydrogen-bond acceptors (Lipinski definition) is 4. The van der Waals surface area contributed by atoms with Crippen LogP contribution in [0.4, 0.5) is 0 Å². The van der Waals surface area contributed by atoms with Crippen LogP contribution in [0, 0.1) is 0 Å². The van der Waals surface area contributed by atoms with E-state index in [-0.39, 0.29) is 18.2 Å². The van der Waals surface area contributed by atoms with Crippen molar-refractivity contribution in [2.24, 2.45) is 7.05 Å². The molecule has 2 aromatic rings. The molecule has 0 aliphatic carbocycles. The summed E-state index contributed by atoms with van der Waals surface area (Å²) in [5, 5.41) is 3.96. The van der Waals surface area contributed by atoms with Crippen LogP contribution in [0.1, 0.15) is 38.9 Å². The van der Waals surface area contributed by atoms with Gasteiger partial charge in [-0.15, -0.1) is 0 Å². The highest BCUT2D eigenvalue weighted by Gasteiger charge is 2.32. The molecule has 0 saturated carbocycles. The third-order valence-corrected chi connectivity index (χ3v) is 3.25. The summed E-state index contributed by atoms with van der Waals surface area (Å²) in [5.41, 5.74) is 1.84. The maximum Gasteiger partial charge on any atom is 0.339 e. The Morgan fingerprint density at radius 1 is 1.37 bits per heavy atom. The molecule has 1 aliphatic heterocycles. The van der Waals surface area contributed by atoms with E-state index in [0.29, 0.717) is 11.3 Å². The maximum absolute atomic E-state index is 12.1. The largest absolute Gasteiger partial charge is 0.453 e. The number of carbonyl (C=O) groups is 2. The molecule has 5 nitrogen and oxygen atoms in total. The lowest BCUT2D eigenvalue weighted by atomic mass is 10.0. The van der Waals surface area contributed by atoms with Crippen molar-refractivity contribution in [1.29, 1.82) is 0 Å². The standard InChI is InChI=1S/C14H12N2O3/c1-16-11(6-7-15-16)12(17)8-13-9-4-2-3-5-10(9)14(18)19-13/h2-7,13H,8H2,1H3. The molecule has 1 aromatic heterocycles. The van der Waals surface area contributed by atoms with Crippen molar-refractivity contribution in [2.45, 2.75) is 12.5 Å². The number of hydrogen-bond donors (Lipinski definition) is 0. The Morgan fingerprint density at radius 3 is 2.89 bits per heavy atom. The van der Waals surface area contributed by atoms with Gasteiger partial charge in [-0.3, -0.25) is 9.48 Å². The number of aryl methyl sites for hydroxylation is 1. The second kappa shape index (κ2) is 4.35. The maximum atomic E-state index is 12.1. The molecule has 2 heterocycles. The number of cyclic esters (lactones) is 1. The van der Waals surface area contributed by atoms with E-state index in [1.54, 1.807) is 31.4 Å². The summed E-state index contributed by atoms with van der Waals surface area (Å²) in [6.45, 7) is 0. The third kappa shape index (κ3) is 1.93. The van der Waals surface area contributed by atoms with Gasteiger partial charge >= 0.3 is 5.97 Å². The van der Waals surface area contributed by atoms with Crippen molar-refractivity contribution in [1.82, 2.24) is 9.78 Å². The average Bonchev–Trinajstić information content (AvgIpc) is 2.95. The molecule has 5 heteroatoms. The zero-order valence-electron chi connectivity index (χ0n) is 10.4. The molecular weight excluding hydrogens is 244 g/mol. The van der Waals surface area contributed by atoms with E-state index in [2.05, 4.69) is 5.10 Å². The molecule has 0 N–H and O–H groups in total. The number of esters is 1. The number of aromatic nitrogens is 2. The van der Waals surface area contributed by atoms with Gasteiger partial charge in [-0.25, -0.2) is 4.79 Å². The number of benzene rings is 1. The number of carbonyl (C=O) groups excluding carboxylic acids is 2. The fourth-order valence-electron chi connectivity index (χ4n) is 2.29. The lowest BCUT2D eigenvalue weighted by molar-refractivity contribution is 0.0366. The van der Waals surface area contributed by atoms with Crippen LogP contribution in [-0.4, -0.2) is 21.5 Å². The monoisotopic (exact) mass is 256 g/mol. The van der Waals surface area contributed by atoms with E-state index in [1.807, 2.05) is 12.1 Å². The summed E-state index contributed by atoms with van der Waals surface area (Å²) >= 11 is 0. The van der Waals surface area contributed by atoms with E-state index in [4.69, 9.17) is 4.74 Å². The zero-order valence-corrected chi connectivity index (χ0v) is 10.4. The Morgan fingerprint density at radius 2 is 2.16 bits per heavy atom. The van der Waals surface area contributed by atoms with E-state index in [1.165, 1.54) is 4.68 Å². The highest BCUT2D eigenvalue weighted by molar-refractivity contribution is 5.98. The molecule has 19 heavy (non-hydrogen) atoms. The van der Waals surface area contributed by atoms with Gasteiger partial charge in [-0.05, 0) is 12.1 Å². The molecule has 1 unspecified atom stereocenters. The van der Waals surface area contributed by atoms with Gasteiger partial charge in [0, 0.05) is 18.8 Å². The smallest absolute Gasteiger partial charge is 0.339 e. The summed E-state index contributed by atoms with van der Waals surface area (Å²) < 4.78 is 6.77. The van der Waals surface area contributed by atoms with E-state index in [0.717, 1.165) is 5.56 Å². The first-order valence-corrected chi connectivity index (χ1v) is 5.98. The average molecular weight is 256 g/mol. The third-order valence-electron chi connectivity index (χ3n) is 3.25. The minimum Gasteiger partial charge on any atom is -0.453 e. The predicted octanol–water partition coefficient (Wildman–Crippen LogP) is 1.90. The molecule has 1 aliphatic rings. The normalized spacial score (nSPS) is 17.1. The summed E-state index contributed by atoms with van der Waals surface area (Å²) in [4.78, 5) is 23.8. The van der Waals surface area contributed by atoms with Crippen LogP contribution in [0.3, 0.4) is 0 Å². The molecule has 96 valence electrons. The number of fused-ring (bicyclic) bond motifs is 1. The molecular formula is C14H12N2O3. The van der Waals surface area contributed by atoms with Crippen LogP contribution in [0.25, 0.3) is 0 Å².